The number of nitrogens with one attached hydrogen (secondary N) is 1. The van der Waals surface area contributed by atoms with Gasteiger partial charge in [-0.3, -0.25) is 4.79 Å². The molecule has 0 radical (unpaired) electrons. The van der Waals surface area contributed by atoms with Gasteiger partial charge in [0, 0.05) is 39.1 Å². The van der Waals surface area contributed by atoms with Gasteiger partial charge in [-0.25, -0.2) is 4.99 Å². The van der Waals surface area contributed by atoms with Gasteiger partial charge in [0.2, 0.25) is 5.91 Å². The van der Waals surface area contributed by atoms with Crippen LogP contribution in [-0.4, -0.2) is 47.8 Å². The number of aliphatic imine (C=N–C) groups is 1. The lowest BCUT2D eigenvalue weighted by atomic mass is 10.1. The van der Waals surface area contributed by atoms with Gasteiger partial charge in [-0.2, -0.15) is 0 Å². The number of carbonyl (C=O) groups excluding carboxylic acids is 1. The molecule has 5 nitrogen and oxygen atoms in total. The van der Waals surface area contributed by atoms with Crippen LogP contribution in [0, 0.1) is 0 Å². The summed E-state index contributed by atoms with van der Waals surface area (Å²) in [5.41, 5.74) is 2.43. The van der Waals surface area contributed by atoms with Crippen molar-refractivity contribution in [2.45, 2.75) is 45.7 Å². The van der Waals surface area contributed by atoms with Gasteiger partial charge in [0.25, 0.3) is 0 Å². The molecule has 0 unspecified atom stereocenters. The molecule has 5 heteroatoms. The van der Waals surface area contributed by atoms with Crippen LogP contribution in [0.3, 0.4) is 0 Å². The molecule has 0 aliphatic carbocycles. The van der Waals surface area contributed by atoms with E-state index in [0.29, 0.717) is 19.5 Å². The topological polar surface area (TPSA) is 47.9 Å². The first-order valence-electron chi connectivity index (χ1n) is 9.15. The van der Waals surface area contributed by atoms with Crippen LogP contribution in [0.4, 0.5) is 0 Å². The number of amides is 1. The van der Waals surface area contributed by atoms with Crippen LogP contribution < -0.4 is 5.32 Å². The molecule has 1 aromatic rings. The monoisotopic (exact) mass is 328 g/mol. The largest absolute Gasteiger partial charge is 0.357 e. The van der Waals surface area contributed by atoms with Crippen molar-refractivity contribution in [3.8, 4) is 0 Å². The lowest BCUT2D eigenvalue weighted by Gasteiger charge is -2.21. The van der Waals surface area contributed by atoms with E-state index in [1.54, 1.807) is 0 Å². The van der Waals surface area contributed by atoms with Gasteiger partial charge in [-0.1, -0.05) is 24.3 Å². The summed E-state index contributed by atoms with van der Waals surface area (Å²) in [7, 11) is 0. The van der Waals surface area contributed by atoms with Gasteiger partial charge in [0.1, 0.15) is 0 Å². The number of guanidine groups is 1. The van der Waals surface area contributed by atoms with E-state index >= 15 is 0 Å². The molecule has 1 N–H and O–H groups in total. The van der Waals surface area contributed by atoms with Gasteiger partial charge in [-0.05, 0) is 37.3 Å². The van der Waals surface area contributed by atoms with Crippen molar-refractivity contribution in [1.29, 1.82) is 0 Å². The third-order valence-corrected chi connectivity index (χ3v) is 4.79. The standard InChI is InChI=1S/C19H28N4O/c1-2-20-19(22-11-5-6-12-22)21-14-16-8-3-4-9-17(16)15-23-13-7-10-18(23)24/h3-4,8-9H,2,5-7,10-15H2,1H3,(H,20,21). The number of benzene rings is 1. The third-order valence-electron chi connectivity index (χ3n) is 4.79. The molecule has 2 aliphatic rings. The van der Waals surface area contributed by atoms with Gasteiger partial charge in [-0.15, -0.1) is 0 Å². The zero-order chi connectivity index (χ0) is 16.8. The summed E-state index contributed by atoms with van der Waals surface area (Å²) in [5.74, 6) is 1.29. The average molecular weight is 328 g/mol. The van der Waals surface area contributed by atoms with E-state index in [2.05, 4.69) is 41.4 Å². The molecular formula is C19H28N4O. The van der Waals surface area contributed by atoms with Crippen LogP contribution in [0.5, 0.6) is 0 Å². The maximum Gasteiger partial charge on any atom is 0.222 e. The quantitative estimate of drug-likeness (QED) is 0.667. The van der Waals surface area contributed by atoms with E-state index < -0.39 is 0 Å². The van der Waals surface area contributed by atoms with Crippen molar-refractivity contribution in [3.05, 3.63) is 35.4 Å². The van der Waals surface area contributed by atoms with Crippen LogP contribution in [0.15, 0.2) is 29.3 Å². The van der Waals surface area contributed by atoms with E-state index in [0.717, 1.165) is 38.6 Å². The van der Waals surface area contributed by atoms with Crippen LogP contribution in [0.2, 0.25) is 0 Å². The molecular weight excluding hydrogens is 300 g/mol. The first-order chi connectivity index (χ1) is 11.8. The van der Waals surface area contributed by atoms with Crippen LogP contribution in [-0.2, 0) is 17.9 Å². The zero-order valence-electron chi connectivity index (χ0n) is 14.6. The van der Waals surface area contributed by atoms with Crippen molar-refractivity contribution in [2.24, 2.45) is 4.99 Å². The Labute approximate surface area is 144 Å². The van der Waals surface area contributed by atoms with Gasteiger partial charge in [0.15, 0.2) is 5.96 Å². The summed E-state index contributed by atoms with van der Waals surface area (Å²) in [4.78, 5) is 21.1. The predicted octanol–water partition coefficient (Wildman–Crippen LogP) is 2.37. The highest BCUT2D eigenvalue weighted by Gasteiger charge is 2.21. The molecule has 24 heavy (non-hydrogen) atoms. The Morgan fingerprint density at radius 2 is 1.88 bits per heavy atom. The molecule has 0 atom stereocenters. The van der Waals surface area contributed by atoms with Crippen molar-refractivity contribution in [2.75, 3.05) is 26.2 Å². The third kappa shape index (κ3) is 4.08. The van der Waals surface area contributed by atoms with Crippen molar-refractivity contribution in [1.82, 2.24) is 15.1 Å². The summed E-state index contributed by atoms with van der Waals surface area (Å²) in [6, 6.07) is 8.36. The molecule has 0 aromatic heterocycles. The SMILES string of the molecule is CCNC(=NCc1ccccc1CN1CCCC1=O)N1CCCC1. The minimum Gasteiger partial charge on any atom is -0.357 e. The molecule has 2 saturated heterocycles. The van der Waals surface area contributed by atoms with Gasteiger partial charge >= 0.3 is 0 Å². The Kier molecular flexibility index (Phi) is 5.72. The van der Waals surface area contributed by atoms with Crippen molar-refractivity contribution < 1.29 is 4.79 Å². The normalized spacial score (nSPS) is 18.5. The summed E-state index contributed by atoms with van der Waals surface area (Å²) in [6.07, 6.45) is 4.18. The highest BCUT2D eigenvalue weighted by molar-refractivity contribution is 5.80. The second kappa shape index (κ2) is 8.18. The first kappa shape index (κ1) is 16.8. The molecule has 0 saturated carbocycles. The molecule has 130 valence electrons. The summed E-state index contributed by atoms with van der Waals surface area (Å²) in [5, 5.41) is 3.41. The Morgan fingerprint density at radius 1 is 1.12 bits per heavy atom. The maximum atomic E-state index is 11.9. The van der Waals surface area contributed by atoms with Crippen molar-refractivity contribution >= 4 is 11.9 Å². The zero-order valence-corrected chi connectivity index (χ0v) is 14.6. The number of hydrogen-bond acceptors (Lipinski definition) is 2. The number of likely N-dealkylation sites (tertiary alicyclic amines) is 2. The van der Waals surface area contributed by atoms with E-state index in [-0.39, 0.29) is 5.91 Å². The number of hydrogen-bond donors (Lipinski definition) is 1. The summed E-state index contributed by atoms with van der Waals surface area (Å²) in [6.45, 7) is 7.44. The first-order valence-corrected chi connectivity index (χ1v) is 9.15. The Bertz CT molecular complexity index is 593. The predicted molar refractivity (Wildman–Crippen MR) is 96.7 cm³/mol. The van der Waals surface area contributed by atoms with Crippen LogP contribution in [0.1, 0.15) is 43.7 Å². The highest BCUT2D eigenvalue weighted by Crippen LogP contribution is 2.18. The van der Waals surface area contributed by atoms with E-state index in [1.165, 1.54) is 24.0 Å². The average Bonchev–Trinajstić information content (AvgIpc) is 3.25. The molecule has 1 aromatic carbocycles. The smallest absolute Gasteiger partial charge is 0.222 e. The Hall–Kier alpha value is -2.04. The molecule has 0 bridgehead atoms. The Balaban J connectivity index is 1.71. The van der Waals surface area contributed by atoms with Gasteiger partial charge < -0.3 is 15.1 Å². The maximum absolute atomic E-state index is 11.9. The molecule has 2 aliphatic heterocycles. The molecule has 0 spiro atoms. The van der Waals surface area contributed by atoms with Gasteiger partial charge in [0.05, 0.1) is 6.54 Å². The van der Waals surface area contributed by atoms with Crippen LogP contribution in [0.25, 0.3) is 0 Å². The second-order valence-corrected chi connectivity index (χ2v) is 6.55. The van der Waals surface area contributed by atoms with Crippen LogP contribution >= 0.6 is 0 Å². The lowest BCUT2D eigenvalue weighted by molar-refractivity contribution is -0.128. The second-order valence-electron chi connectivity index (χ2n) is 6.55. The molecule has 1 amide bonds. The number of rotatable bonds is 5. The molecule has 3 rings (SSSR count). The number of nitrogens with zero attached hydrogens (tertiary/aromatic N) is 3. The summed E-state index contributed by atoms with van der Waals surface area (Å²) < 4.78 is 0. The lowest BCUT2D eigenvalue weighted by Crippen LogP contribution is -2.39. The number of carbonyl (C=O) groups is 1. The summed E-state index contributed by atoms with van der Waals surface area (Å²) >= 11 is 0. The Morgan fingerprint density at radius 3 is 2.54 bits per heavy atom. The minimum atomic E-state index is 0.277. The highest BCUT2D eigenvalue weighted by atomic mass is 16.2. The minimum absolute atomic E-state index is 0.277. The van der Waals surface area contributed by atoms with Crippen molar-refractivity contribution in [3.63, 3.8) is 0 Å². The fourth-order valence-electron chi connectivity index (χ4n) is 3.46. The van der Waals surface area contributed by atoms with E-state index in [1.807, 2.05) is 4.90 Å². The van der Waals surface area contributed by atoms with E-state index in [4.69, 9.17) is 4.99 Å². The fraction of sp³-hybridized carbons (Fsp3) is 0.579. The molecule has 2 heterocycles. The molecule has 2 fully saturated rings. The van der Waals surface area contributed by atoms with E-state index in [9.17, 15) is 4.79 Å². The fourth-order valence-corrected chi connectivity index (χ4v) is 3.46.